The van der Waals surface area contributed by atoms with Gasteiger partial charge in [0, 0.05) is 28.6 Å². The maximum Gasteiger partial charge on any atom is 0.416 e. The average molecular weight is 422 g/mol. The van der Waals surface area contributed by atoms with E-state index in [1.807, 2.05) is 0 Å². The van der Waals surface area contributed by atoms with E-state index in [0.29, 0.717) is 28.6 Å². The van der Waals surface area contributed by atoms with Crippen molar-refractivity contribution in [1.82, 2.24) is 5.32 Å². The zero-order valence-corrected chi connectivity index (χ0v) is 15.6. The van der Waals surface area contributed by atoms with Crippen LogP contribution in [-0.4, -0.2) is 24.8 Å². The minimum absolute atomic E-state index is 0.0384. The largest absolute Gasteiger partial charge is 0.484 e. The maximum absolute atomic E-state index is 13.6. The highest BCUT2D eigenvalue weighted by Crippen LogP contribution is 2.31. The molecule has 0 spiro atoms. The van der Waals surface area contributed by atoms with Gasteiger partial charge in [0.2, 0.25) is 0 Å². The van der Waals surface area contributed by atoms with Gasteiger partial charge in [0.25, 0.3) is 5.91 Å². The molecule has 0 fully saturated rings. The number of amides is 1. The van der Waals surface area contributed by atoms with Gasteiger partial charge in [-0.1, -0.05) is 23.7 Å². The highest BCUT2D eigenvalue weighted by molar-refractivity contribution is 7.98. The van der Waals surface area contributed by atoms with Crippen molar-refractivity contribution in [3.8, 4) is 5.75 Å². The fourth-order valence-electron chi connectivity index (χ4n) is 2.07. The molecule has 9 heteroatoms. The summed E-state index contributed by atoms with van der Waals surface area (Å²) in [5, 5.41) is 2.93. The molecule has 0 heterocycles. The van der Waals surface area contributed by atoms with Crippen LogP contribution in [0.5, 0.6) is 5.75 Å². The van der Waals surface area contributed by atoms with Gasteiger partial charge in [0.15, 0.2) is 6.61 Å². The van der Waals surface area contributed by atoms with Crippen molar-refractivity contribution < 1.29 is 27.1 Å². The standard InChI is InChI=1S/C18H16ClF4NO2S/c19-15-5-2-6-16(20)14(15)11-27-8-7-24-17(25)10-26-13-4-1-3-12(9-13)18(21,22)23/h1-6,9H,7-8,10-11H2,(H,24,25). The van der Waals surface area contributed by atoms with Gasteiger partial charge >= 0.3 is 6.18 Å². The summed E-state index contributed by atoms with van der Waals surface area (Å²) in [4.78, 5) is 11.7. The van der Waals surface area contributed by atoms with E-state index in [-0.39, 0.29) is 11.6 Å². The van der Waals surface area contributed by atoms with Crippen LogP contribution in [0, 0.1) is 5.82 Å². The molecule has 0 aliphatic carbocycles. The summed E-state index contributed by atoms with van der Waals surface area (Å²) in [6.07, 6.45) is -4.47. The second-order valence-corrected chi connectivity index (χ2v) is 6.93. The number of carbonyl (C=O) groups excluding carboxylic acids is 1. The molecule has 1 amide bonds. The molecule has 0 saturated heterocycles. The van der Waals surface area contributed by atoms with Crippen molar-refractivity contribution >= 4 is 29.3 Å². The Morgan fingerprint density at radius 3 is 2.63 bits per heavy atom. The number of alkyl halides is 3. The van der Waals surface area contributed by atoms with Gasteiger partial charge in [-0.3, -0.25) is 4.79 Å². The number of ether oxygens (including phenoxy) is 1. The van der Waals surface area contributed by atoms with E-state index in [4.69, 9.17) is 16.3 Å². The van der Waals surface area contributed by atoms with E-state index in [0.717, 1.165) is 12.1 Å². The summed E-state index contributed by atoms with van der Waals surface area (Å²) >= 11 is 7.31. The van der Waals surface area contributed by atoms with Crippen LogP contribution in [0.1, 0.15) is 11.1 Å². The first-order valence-electron chi connectivity index (χ1n) is 7.85. The predicted molar refractivity (Wildman–Crippen MR) is 97.5 cm³/mol. The molecule has 0 aliphatic rings. The fraction of sp³-hybridized carbons (Fsp3) is 0.278. The first-order chi connectivity index (χ1) is 12.8. The smallest absolute Gasteiger partial charge is 0.416 e. The Balaban J connectivity index is 1.68. The van der Waals surface area contributed by atoms with Crippen LogP contribution >= 0.6 is 23.4 Å². The second-order valence-electron chi connectivity index (χ2n) is 5.42. The number of benzene rings is 2. The number of rotatable bonds is 8. The summed E-state index contributed by atoms with van der Waals surface area (Å²) in [6.45, 7) is -0.0906. The molecule has 2 aromatic rings. The first kappa shape index (κ1) is 21.4. The molecule has 27 heavy (non-hydrogen) atoms. The zero-order chi connectivity index (χ0) is 19.9. The SMILES string of the molecule is O=C(COc1cccc(C(F)(F)F)c1)NCCSCc1c(F)cccc1Cl. The van der Waals surface area contributed by atoms with E-state index >= 15 is 0 Å². The number of thioether (sulfide) groups is 1. The molecular weight excluding hydrogens is 406 g/mol. The minimum Gasteiger partial charge on any atom is -0.484 e. The summed E-state index contributed by atoms with van der Waals surface area (Å²) in [5.74, 6) is -0.00350. The number of halogens is 5. The van der Waals surface area contributed by atoms with E-state index in [2.05, 4.69) is 5.32 Å². The first-order valence-corrected chi connectivity index (χ1v) is 9.38. The molecule has 3 nitrogen and oxygen atoms in total. The Kier molecular flexibility index (Phi) is 7.79. The molecule has 0 aliphatic heterocycles. The Morgan fingerprint density at radius 2 is 1.93 bits per heavy atom. The molecule has 2 rings (SSSR count). The van der Waals surface area contributed by atoms with Crippen molar-refractivity contribution in [2.45, 2.75) is 11.9 Å². The molecule has 1 N–H and O–H groups in total. The van der Waals surface area contributed by atoms with Gasteiger partial charge in [0.05, 0.1) is 5.56 Å². The predicted octanol–water partition coefficient (Wildman–Crippen LogP) is 4.93. The van der Waals surface area contributed by atoms with Crippen LogP contribution in [0.25, 0.3) is 0 Å². The lowest BCUT2D eigenvalue weighted by Crippen LogP contribution is -2.30. The Labute approximate surface area is 163 Å². The maximum atomic E-state index is 13.6. The Hall–Kier alpha value is -1.93. The topological polar surface area (TPSA) is 38.3 Å². The minimum atomic E-state index is -4.47. The number of hydrogen-bond donors (Lipinski definition) is 1. The molecule has 0 aromatic heterocycles. The lowest BCUT2D eigenvalue weighted by atomic mass is 10.2. The summed E-state index contributed by atoms with van der Waals surface area (Å²) in [7, 11) is 0. The third-order valence-electron chi connectivity index (χ3n) is 3.41. The lowest BCUT2D eigenvalue weighted by Gasteiger charge is -2.10. The average Bonchev–Trinajstić information content (AvgIpc) is 2.61. The highest BCUT2D eigenvalue weighted by atomic mass is 35.5. The number of carbonyl (C=O) groups is 1. The monoisotopic (exact) mass is 421 g/mol. The summed E-state index contributed by atoms with van der Waals surface area (Å²) < 4.78 is 56.5. The quantitative estimate of drug-likeness (QED) is 0.485. The Morgan fingerprint density at radius 1 is 1.19 bits per heavy atom. The van der Waals surface area contributed by atoms with Crippen molar-refractivity contribution in [3.63, 3.8) is 0 Å². The third kappa shape index (κ3) is 6.95. The summed E-state index contributed by atoms with van der Waals surface area (Å²) in [5.41, 5.74) is -0.438. The normalized spacial score (nSPS) is 11.3. The molecule has 2 aromatic carbocycles. The van der Waals surface area contributed by atoms with Gasteiger partial charge in [-0.15, -0.1) is 0 Å². The van der Waals surface area contributed by atoms with E-state index in [1.54, 1.807) is 6.07 Å². The molecular formula is C18H16ClF4NO2S. The van der Waals surface area contributed by atoms with Crippen LogP contribution < -0.4 is 10.1 Å². The number of nitrogens with one attached hydrogen (secondary N) is 1. The lowest BCUT2D eigenvalue weighted by molar-refractivity contribution is -0.137. The molecule has 0 saturated carbocycles. The second kappa shape index (κ2) is 9.85. The van der Waals surface area contributed by atoms with E-state index < -0.39 is 24.3 Å². The fourth-order valence-corrected chi connectivity index (χ4v) is 3.27. The number of hydrogen-bond acceptors (Lipinski definition) is 3. The van der Waals surface area contributed by atoms with Crippen molar-refractivity contribution in [2.75, 3.05) is 18.9 Å². The zero-order valence-electron chi connectivity index (χ0n) is 14.0. The molecule has 0 radical (unpaired) electrons. The van der Waals surface area contributed by atoms with Gasteiger partial charge < -0.3 is 10.1 Å². The van der Waals surface area contributed by atoms with Crippen LogP contribution in [0.3, 0.4) is 0 Å². The van der Waals surface area contributed by atoms with Crippen molar-refractivity contribution in [3.05, 3.63) is 64.4 Å². The van der Waals surface area contributed by atoms with Gasteiger partial charge in [0.1, 0.15) is 11.6 Å². The van der Waals surface area contributed by atoms with Crippen LogP contribution in [-0.2, 0) is 16.7 Å². The van der Waals surface area contributed by atoms with Gasteiger partial charge in [-0.25, -0.2) is 4.39 Å². The van der Waals surface area contributed by atoms with Crippen LogP contribution in [0.15, 0.2) is 42.5 Å². The van der Waals surface area contributed by atoms with Crippen LogP contribution in [0.2, 0.25) is 5.02 Å². The Bertz CT molecular complexity index is 766. The van der Waals surface area contributed by atoms with Crippen LogP contribution in [0.4, 0.5) is 17.6 Å². The summed E-state index contributed by atoms with van der Waals surface area (Å²) in [6, 6.07) is 8.77. The van der Waals surface area contributed by atoms with Crippen molar-refractivity contribution in [1.29, 1.82) is 0 Å². The van der Waals surface area contributed by atoms with Crippen molar-refractivity contribution in [2.24, 2.45) is 0 Å². The molecule has 0 unspecified atom stereocenters. The van der Waals surface area contributed by atoms with Gasteiger partial charge in [-0.05, 0) is 30.3 Å². The molecule has 0 atom stereocenters. The highest BCUT2D eigenvalue weighted by Gasteiger charge is 2.30. The van der Waals surface area contributed by atoms with Gasteiger partial charge in [-0.2, -0.15) is 24.9 Å². The molecule has 0 bridgehead atoms. The van der Waals surface area contributed by atoms with E-state index in [9.17, 15) is 22.4 Å². The third-order valence-corrected chi connectivity index (χ3v) is 4.75. The van der Waals surface area contributed by atoms with E-state index in [1.165, 1.54) is 36.0 Å². The molecule has 146 valence electrons.